The lowest BCUT2D eigenvalue weighted by Crippen LogP contribution is -2.37. The second-order valence-corrected chi connectivity index (χ2v) is 5.54. The highest BCUT2D eigenvalue weighted by atomic mass is 32.1. The van der Waals surface area contributed by atoms with Gasteiger partial charge in [-0.15, -0.1) is 0 Å². The standard InChI is InChI=1S/C15H22N2OS/c1-11-5-4-6-13(9-11)7-8-15(18)17(3)12(2)10-14(16)19/h4-6,9,12H,7-8,10H2,1-3H3,(H2,16,19). The fraction of sp³-hybridized carbons (Fsp3) is 0.467. The number of carbonyl (C=O) groups excluding carboxylic acids is 1. The highest BCUT2D eigenvalue weighted by Crippen LogP contribution is 2.09. The molecule has 19 heavy (non-hydrogen) atoms. The summed E-state index contributed by atoms with van der Waals surface area (Å²) in [6.45, 7) is 4.02. The van der Waals surface area contributed by atoms with Gasteiger partial charge in [-0.3, -0.25) is 4.79 Å². The van der Waals surface area contributed by atoms with Crippen molar-refractivity contribution in [1.29, 1.82) is 0 Å². The Bertz CT molecular complexity index is 459. The summed E-state index contributed by atoms with van der Waals surface area (Å²) in [7, 11) is 1.81. The molecule has 0 heterocycles. The molecule has 0 spiro atoms. The third-order valence-electron chi connectivity index (χ3n) is 3.26. The molecule has 104 valence electrons. The van der Waals surface area contributed by atoms with E-state index in [1.807, 2.05) is 20.0 Å². The first-order chi connectivity index (χ1) is 8.90. The van der Waals surface area contributed by atoms with Crippen molar-refractivity contribution in [1.82, 2.24) is 4.90 Å². The molecular weight excluding hydrogens is 256 g/mol. The van der Waals surface area contributed by atoms with Crippen LogP contribution in [0.5, 0.6) is 0 Å². The molecule has 0 bridgehead atoms. The quantitative estimate of drug-likeness (QED) is 0.813. The van der Waals surface area contributed by atoms with E-state index in [2.05, 4.69) is 25.1 Å². The molecule has 0 aromatic heterocycles. The minimum Gasteiger partial charge on any atom is -0.393 e. The molecule has 0 aliphatic rings. The van der Waals surface area contributed by atoms with Crippen LogP contribution in [0, 0.1) is 6.92 Å². The maximum absolute atomic E-state index is 12.1. The van der Waals surface area contributed by atoms with Crippen LogP contribution in [0.2, 0.25) is 0 Å². The number of aryl methyl sites for hydroxylation is 2. The molecular formula is C15H22N2OS. The predicted octanol–water partition coefficient (Wildman–Crippen LogP) is 2.45. The number of benzene rings is 1. The Morgan fingerprint density at radius 3 is 2.74 bits per heavy atom. The third kappa shape index (κ3) is 5.39. The van der Waals surface area contributed by atoms with Crippen LogP contribution < -0.4 is 5.73 Å². The minimum absolute atomic E-state index is 0.0579. The van der Waals surface area contributed by atoms with Gasteiger partial charge in [-0.1, -0.05) is 42.0 Å². The number of carbonyl (C=O) groups is 1. The molecule has 1 aromatic carbocycles. The van der Waals surface area contributed by atoms with Crippen molar-refractivity contribution in [3.05, 3.63) is 35.4 Å². The molecule has 0 fully saturated rings. The zero-order valence-corrected chi connectivity index (χ0v) is 12.7. The van der Waals surface area contributed by atoms with Crippen molar-refractivity contribution < 1.29 is 4.79 Å². The van der Waals surface area contributed by atoms with Crippen LogP contribution in [0.4, 0.5) is 0 Å². The van der Waals surface area contributed by atoms with Gasteiger partial charge in [0.2, 0.25) is 5.91 Å². The Kier molecular flexibility index (Phi) is 5.96. The zero-order valence-electron chi connectivity index (χ0n) is 11.8. The summed E-state index contributed by atoms with van der Waals surface area (Å²) in [5, 5.41) is 0. The average molecular weight is 278 g/mol. The van der Waals surface area contributed by atoms with Crippen LogP contribution >= 0.6 is 12.2 Å². The van der Waals surface area contributed by atoms with E-state index in [-0.39, 0.29) is 11.9 Å². The van der Waals surface area contributed by atoms with Gasteiger partial charge < -0.3 is 10.6 Å². The van der Waals surface area contributed by atoms with Crippen molar-refractivity contribution in [2.75, 3.05) is 7.05 Å². The molecule has 0 aliphatic heterocycles. The minimum atomic E-state index is 0.0579. The van der Waals surface area contributed by atoms with E-state index in [1.165, 1.54) is 11.1 Å². The second-order valence-electron chi connectivity index (χ2n) is 5.01. The number of thiocarbonyl (C=S) groups is 1. The smallest absolute Gasteiger partial charge is 0.222 e. The zero-order chi connectivity index (χ0) is 14.4. The first-order valence-electron chi connectivity index (χ1n) is 6.49. The molecule has 0 saturated carbocycles. The fourth-order valence-electron chi connectivity index (χ4n) is 1.97. The number of amides is 1. The molecule has 1 rings (SSSR count). The average Bonchev–Trinajstić information content (AvgIpc) is 2.34. The summed E-state index contributed by atoms with van der Waals surface area (Å²) in [6, 6.07) is 8.31. The Labute approximate surface area is 120 Å². The number of hydrogen-bond donors (Lipinski definition) is 1. The van der Waals surface area contributed by atoms with Crippen LogP contribution in [0.3, 0.4) is 0 Å². The number of hydrogen-bond acceptors (Lipinski definition) is 2. The summed E-state index contributed by atoms with van der Waals surface area (Å²) in [6.07, 6.45) is 1.86. The molecule has 0 radical (unpaired) electrons. The number of nitrogens with zero attached hydrogens (tertiary/aromatic N) is 1. The van der Waals surface area contributed by atoms with E-state index in [0.717, 1.165) is 6.42 Å². The molecule has 3 nitrogen and oxygen atoms in total. The molecule has 1 amide bonds. The van der Waals surface area contributed by atoms with Crippen molar-refractivity contribution in [3.8, 4) is 0 Å². The van der Waals surface area contributed by atoms with Gasteiger partial charge in [-0.2, -0.15) is 0 Å². The summed E-state index contributed by atoms with van der Waals surface area (Å²) in [5.74, 6) is 0.130. The van der Waals surface area contributed by atoms with Gasteiger partial charge in [0.25, 0.3) is 0 Å². The molecule has 4 heteroatoms. The largest absolute Gasteiger partial charge is 0.393 e. The van der Waals surface area contributed by atoms with Crippen LogP contribution in [0.15, 0.2) is 24.3 Å². The van der Waals surface area contributed by atoms with Gasteiger partial charge in [0.05, 0.1) is 4.99 Å². The first-order valence-corrected chi connectivity index (χ1v) is 6.90. The Morgan fingerprint density at radius 2 is 2.16 bits per heavy atom. The van der Waals surface area contributed by atoms with E-state index in [1.54, 1.807) is 4.90 Å². The molecule has 0 aliphatic carbocycles. The summed E-state index contributed by atoms with van der Waals surface area (Å²) >= 11 is 4.87. The monoisotopic (exact) mass is 278 g/mol. The second kappa shape index (κ2) is 7.24. The molecule has 1 unspecified atom stereocenters. The Hall–Kier alpha value is -1.42. The normalized spacial score (nSPS) is 11.9. The molecule has 1 atom stereocenters. The van der Waals surface area contributed by atoms with Gasteiger partial charge in [0.15, 0.2) is 0 Å². The van der Waals surface area contributed by atoms with E-state index < -0.39 is 0 Å². The molecule has 1 aromatic rings. The number of rotatable bonds is 6. The van der Waals surface area contributed by atoms with Crippen molar-refractivity contribution >= 4 is 23.1 Å². The van der Waals surface area contributed by atoms with Gasteiger partial charge in [-0.25, -0.2) is 0 Å². The van der Waals surface area contributed by atoms with E-state index >= 15 is 0 Å². The summed E-state index contributed by atoms with van der Waals surface area (Å²) < 4.78 is 0. The van der Waals surface area contributed by atoms with Crippen molar-refractivity contribution in [2.24, 2.45) is 5.73 Å². The predicted molar refractivity (Wildman–Crippen MR) is 83.1 cm³/mol. The van der Waals surface area contributed by atoms with E-state index in [9.17, 15) is 4.79 Å². The maximum atomic E-state index is 12.1. The van der Waals surface area contributed by atoms with Crippen LogP contribution in [-0.4, -0.2) is 28.9 Å². The van der Waals surface area contributed by atoms with Crippen molar-refractivity contribution in [2.45, 2.75) is 39.2 Å². The number of nitrogens with two attached hydrogens (primary N) is 1. The molecule has 2 N–H and O–H groups in total. The van der Waals surface area contributed by atoms with Gasteiger partial charge in [0, 0.05) is 25.9 Å². The highest BCUT2D eigenvalue weighted by molar-refractivity contribution is 7.80. The van der Waals surface area contributed by atoms with Gasteiger partial charge in [0.1, 0.15) is 0 Å². The molecule has 0 saturated heterocycles. The van der Waals surface area contributed by atoms with Crippen LogP contribution in [-0.2, 0) is 11.2 Å². The lowest BCUT2D eigenvalue weighted by molar-refractivity contribution is -0.131. The SMILES string of the molecule is Cc1cccc(CCC(=O)N(C)C(C)CC(N)=S)c1. The lowest BCUT2D eigenvalue weighted by atomic mass is 10.1. The Morgan fingerprint density at radius 1 is 1.47 bits per heavy atom. The summed E-state index contributed by atoms with van der Waals surface area (Å²) in [4.78, 5) is 14.2. The van der Waals surface area contributed by atoms with Crippen LogP contribution in [0.25, 0.3) is 0 Å². The lowest BCUT2D eigenvalue weighted by Gasteiger charge is -2.24. The van der Waals surface area contributed by atoms with E-state index in [0.29, 0.717) is 17.8 Å². The first kappa shape index (κ1) is 15.6. The van der Waals surface area contributed by atoms with Gasteiger partial charge >= 0.3 is 0 Å². The topological polar surface area (TPSA) is 46.3 Å². The van der Waals surface area contributed by atoms with Crippen molar-refractivity contribution in [3.63, 3.8) is 0 Å². The Balaban J connectivity index is 2.48. The van der Waals surface area contributed by atoms with Crippen LogP contribution in [0.1, 0.15) is 30.9 Å². The fourth-order valence-corrected chi connectivity index (χ4v) is 2.21. The third-order valence-corrected chi connectivity index (χ3v) is 3.43. The van der Waals surface area contributed by atoms with E-state index in [4.69, 9.17) is 18.0 Å². The van der Waals surface area contributed by atoms with Gasteiger partial charge in [-0.05, 0) is 25.8 Å². The maximum Gasteiger partial charge on any atom is 0.222 e. The summed E-state index contributed by atoms with van der Waals surface area (Å²) in [5.41, 5.74) is 7.93. The highest BCUT2D eigenvalue weighted by Gasteiger charge is 2.16.